The highest BCUT2D eigenvalue weighted by atomic mass is 15.0. The van der Waals surface area contributed by atoms with Gasteiger partial charge in [-0.3, -0.25) is 9.97 Å². The van der Waals surface area contributed by atoms with Crippen molar-refractivity contribution in [2.24, 2.45) is 0 Å². The van der Waals surface area contributed by atoms with E-state index >= 15 is 0 Å². The molecule has 0 saturated carbocycles. The van der Waals surface area contributed by atoms with Crippen LogP contribution in [0.15, 0.2) is 329 Å². The molecule has 14 aromatic carbocycles. The third-order valence-electron chi connectivity index (χ3n) is 26.0. The summed E-state index contributed by atoms with van der Waals surface area (Å²) in [6.45, 7) is 18.4. The number of aryl methyl sites for hydroxylation is 4. The minimum atomic E-state index is 0.947. The summed E-state index contributed by atoms with van der Waals surface area (Å²) >= 11 is 0. The van der Waals surface area contributed by atoms with Crippen molar-refractivity contribution in [3.63, 3.8) is 0 Å². The molecule has 0 aliphatic rings. The van der Waals surface area contributed by atoms with Gasteiger partial charge in [-0.2, -0.15) is 0 Å². The molecule has 0 spiro atoms. The van der Waals surface area contributed by atoms with E-state index in [0.717, 1.165) is 45.2 Å². The first-order valence-corrected chi connectivity index (χ1v) is 40.7. The zero-order valence-corrected chi connectivity index (χ0v) is 66.6. The number of rotatable bonds is 8. The summed E-state index contributed by atoms with van der Waals surface area (Å²) in [5.74, 6) is 0. The Bertz CT molecular complexity index is 7820. The van der Waals surface area contributed by atoms with Crippen LogP contribution in [-0.2, 0) is 0 Å². The molecular weight excluding hydrogens is 1440 g/mol. The highest BCUT2D eigenvalue weighted by molar-refractivity contribution is 6.42. The van der Waals surface area contributed by atoms with E-state index in [1.807, 2.05) is 73.6 Å². The molecule has 0 atom stereocenters. The van der Waals surface area contributed by atoms with Crippen molar-refractivity contribution in [2.45, 2.75) is 55.4 Å². The maximum atomic E-state index is 4.89. The first-order chi connectivity index (χ1) is 57.9. The van der Waals surface area contributed by atoms with Crippen molar-refractivity contribution in [2.75, 3.05) is 0 Å². The van der Waals surface area contributed by atoms with Crippen LogP contribution in [0.3, 0.4) is 0 Å². The van der Waals surface area contributed by atoms with Gasteiger partial charge in [-0.05, 0) is 217 Å². The van der Waals surface area contributed by atoms with Crippen molar-refractivity contribution in [3.05, 3.63) is 374 Å². The lowest BCUT2D eigenvalue weighted by atomic mass is 9.89. The van der Waals surface area contributed by atoms with E-state index in [0.29, 0.717) is 0 Å². The molecule has 10 nitrogen and oxygen atoms in total. The van der Waals surface area contributed by atoms with Gasteiger partial charge in [-0.15, -0.1) is 0 Å². The van der Waals surface area contributed by atoms with E-state index in [4.69, 9.17) is 9.97 Å². The van der Waals surface area contributed by atoms with Crippen molar-refractivity contribution in [1.82, 2.24) is 47.0 Å². The minimum absolute atomic E-state index is 0.947. The smallest absolute Gasteiger partial charge is 0.137 e. The summed E-state index contributed by atoms with van der Waals surface area (Å²) in [6.07, 6.45) is 15.8. The predicted molar refractivity (Wildman–Crippen MR) is 493 cm³/mol. The normalized spacial score (nSPS) is 12.1. The Labute approximate surface area is 680 Å². The zero-order chi connectivity index (χ0) is 79.0. The Morgan fingerprint density at radius 3 is 0.822 bits per heavy atom. The van der Waals surface area contributed by atoms with Crippen LogP contribution in [0.5, 0.6) is 0 Å². The lowest BCUT2D eigenvalue weighted by Gasteiger charge is -2.19. The van der Waals surface area contributed by atoms with Crippen LogP contribution in [0, 0.1) is 55.4 Å². The van der Waals surface area contributed by atoms with Crippen LogP contribution in [0.4, 0.5) is 0 Å². The summed E-state index contributed by atoms with van der Waals surface area (Å²) in [6, 6.07) is 102. The zero-order valence-electron chi connectivity index (χ0n) is 66.6. The maximum absolute atomic E-state index is 4.89. The molecule has 10 heterocycles. The van der Waals surface area contributed by atoms with Crippen LogP contribution >= 0.6 is 0 Å². The lowest BCUT2D eigenvalue weighted by Crippen LogP contribution is -2.00. The van der Waals surface area contributed by atoms with Crippen LogP contribution in [0.2, 0.25) is 0 Å². The molecule has 560 valence electrons. The van der Waals surface area contributed by atoms with Gasteiger partial charge in [0.05, 0.1) is 44.8 Å². The summed E-state index contributed by atoms with van der Waals surface area (Å²) < 4.78 is 14.2. The molecule has 0 bridgehead atoms. The van der Waals surface area contributed by atoms with Crippen molar-refractivity contribution in [1.29, 1.82) is 0 Å². The number of hydrogen-bond donors (Lipinski definition) is 0. The summed E-state index contributed by atoms with van der Waals surface area (Å²) in [7, 11) is 0. The maximum Gasteiger partial charge on any atom is 0.137 e. The van der Waals surface area contributed by atoms with Crippen molar-refractivity contribution >= 4 is 141 Å². The van der Waals surface area contributed by atoms with E-state index < -0.39 is 0 Å². The first kappa shape index (κ1) is 68.6. The summed E-state index contributed by atoms with van der Waals surface area (Å²) in [5, 5.41) is 25.5. The van der Waals surface area contributed by atoms with Gasteiger partial charge in [0.15, 0.2) is 0 Å². The average Bonchev–Trinajstić information content (AvgIpc) is 1.49. The van der Waals surface area contributed by atoms with Gasteiger partial charge in [0.2, 0.25) is 0 Å². The molecule has 24 aromatic rings. The SMILES string of the molecule is Cc1c(C)n(-c2ccc(-c3ccncc3)c3ccccc23)c2c3ccccc3c3c4c(C)c(C)n(-c5ccc(-c6ccncc6)c6ccccc56)c4c4ccccc4c3c12.Cc1c(C)n(-c2ccc(-c3cn4ccccc4n3)cc2)c2c3ccccc3c3c4c(C)c(C)n(-c5ccc(-c6cn7ccccc7n6)cc5)c4c4ccccc4c3c12. The van der Waals surface area contributed by atoms with Gasteiger partial charge in [0.1, 0.15) is 11.3 Å². The number of hydrogen-bond acceptors (Lipinski definition) is 4. The molecule has 0 fully saturated rings. The largest absolute Gasteiger partial charge is 0.313 e. The number of imidazole rings is 2. The Morgan fingerprint density at radius 1 is 0.220 bits per heavy atom. The Kier molecular flexibility index (Phi) is 15.3. The second-order valence-electron chi connectivity index (χ2n) is 31.9. The fourth-order valence-electron chi connectivity index (χ4n) is 20.2. The molecule has 0 aliphatic heterocycles. The lowest BCUT2D eigenvalue weighted by molar-refractivity contribution is 1.04. The number of pyridine rings is 4. The van der Waals surface area contributed by atoms with Crippen LogP contribution < -0.4 is 0 Å². The minimum Gasteiger partial charge on any atom is -0.313 e. The molecule has 0 unspecified atom stereocenters. The van der Waals surface area contributed by atoms with Gasteiger partial charge in [-0.25, -0.2) is 9.97 Å². The number of fused-ring (bicyclic) bond motifs is 26. The number of aromatic nitrogens is 10. The fraction of sp³-hybridized carbons (Fsp3) is 0.0741. The van der Waals surface area contributed by atoms with E-state index in [1.165, 1.54) is 208 Å². The highest BCUT2D eigenvalue weighted by Gasteiger charge is 2.30. The standard InChI is InChI=1S/C56H40N4.C52H38N6/c1-33-35(3)59(49-23-21-39(37-25-29-57-30-26-37)41-13-5-7-15-43(41)49)55-47-19-11-10-18-46(47)54-52-34(2)36(4)60(56(52)48-20-12-9-17-45(48)53(54)51(33)55)50-24-22-40(38-27-31-58-32-28-38)42-14-6-8-16-44(42)50;1-31-33(3)57(37-23-19-35(20-24-37)43-29-55-27-11-9-17-45(55)53-43)51-41-15-7-6-14-40(41)50-48-32(2)34(4)58(52(48)42-16-8-5-13-39(42)49(50)47(31)51)38-25-21-36(22-26-38)44-30-56-28-12-10-18-46(56)54-44/h5-32H,1-4H3;5-30H,1-4H3. The van der Waals surface area contributed by atoms with Crippen LogP contribution in [0.1, 0.15) is 45.0 Å². The Morgan fingerprint density at radius 2 is 0.500 bits per heavy atom. The Balaban J connectivity index is 0.000000138. The van der Waals surface area contributed by atoms with E-state index in [9.17, 15) is 0 Å². The van der Waals surface area contributed by atoms with Gasteiger partial charge in [0.25, 0.3) is 0 Å². The molecule has 0 radical (unpaired) electrons. The molecule has 10 heteroatoms. The topological polar surface area (TPSA) is 80.1 Å². The van der Waals surface area contributed by atoms with Crippen LogP contribution in [0.25, 0.3) is 209 Å². The molecular formula is C108H78N10. The van der Waals surface area contributed by atoms with Gasteiger partial charge in [0, 0.05) is 170 Å². The van der Waals surface area contributed by atoms with Crippen molar-refractivity contribution < 1.29 is 0 Å². The molecule has 0 N–H and O–H groups in total. The van der Waals surface area contributed by atoms with Gasteiger partial charge < -0.3 is 27.1 Å². The number of nitrogens with zero attached hydrogens (tertiary/aromatic N) is 10. The second-order valence-corrected chi connectivity index (χ2v) is 31.9. The predicted octanol–water partition coefficient (Wildman–Crippen LogP) is 27.6. The molecule has 0 saturated heterocycles. The third kappa shape index (κ3) is 9.93. The molecule has 0 aliphatic carbocycles. The van der Waals surface area contributed by atoms with E-state index in [2.05, 4.69) is 347 Å². The van der Waals surface area contributed by atoms with Gasteiger partial charge >= 0.3 is 0 Å². The third-order valence-corrected chi connectivity index (χ3v) is 26.0. The summed E-state index contributed by atoms with van der Waals surface area (Å²) in [5.41, 5.74) is 30.7. The molecule has 24 rings (SSSR count). The monoisotopic (exact) mass is 1510 g/mol. The highest BCUT2D eigenvalue weighted by Crippen LogP contribution is 2.53. The second kappa shape index (κ2) is 26.3. The van der Waals surface area contributed by atoms with Crippen LogP contribution in [-0.4, -0.2) is 47.0 Å². The number of benzene rings is 14. The molecule has 118 heavy (non-hydrogen) atoms. The molecule has 0 amide bonds. The van der Waals surface area contributed by atoms with Gasteiger partial charge in [-0.1, -0.05) is 194 Å². The van der Waals surface area contributed by atoms with E-state index in [-0.39, 0.29) is 0 Å². The fourth-order valence-corrected chi connectivity index (χ4v) is 20.2. The van der Waals surface area contributed by atoms with Crippen molar-refractivity contribution in [3.8, 4) is 67.5 Å². The summed E-state index contributed by atoms with van der Waals surface area (Å²) in [4.78, 5) is 18.4. The quantitative estimate of drug-likeness (QED) is 0.142. The average molecular weight is 1520 g/mol. The van der Waals surface area contributed by atoms with E-state index in [1.54, 1.807) is 0 Å². The molecule has 10 aromatic heterocycles. The Hall–Kier alpha value is -15.0. The first-order valence-electron chi connectivity index (χ1n) is 40.7.